The van der Waals surface area contributed by atoms with Gasteiger partial charge < -0.3 is 15.4 Å². The minimum absolute atomic E-state index is 0.152. The number of carbonyl (C=O) groups excluding carboxylic acids is 1. The topological polar surface area (TPSA) is 55.6 Å². The summed E-state index contributed by atoms with van der Waals surface area (Å²) in [7, 11) is 3.11. The molecule has 1 aromatic rings. The predicted octanol–water partition coefficient (Wildman–Crippen LogP) is 1.58. The van der Waals surface area contributed by atoms with Crippen LogP contribution in [0.15, 0.2) is 18.2 Å². The lowest BCUT2D eigenvalue weighted by Crippen LogP contribution is -2.26. The third kappa shape index (κ3) is 3.57. The van der Waals surface area contributed by atoms with E-state index in [2.05, 4.69) is 4.74 Å². The van der Waals surface area contributed by atoms with Gasteiger partial charge in [-0.1, -0.05) is 23.8 Å². The van der Waals surface area contributed by atoms with Gasteiger partial charge in [0.2, 0.25) is 0 Å². The number of hydrogen-bond acceptors (Lipinski definition) is 4. The van der Waals surface area contributed by atoms with Crippen LogP contribution in [-0.2, 0) is 9.53 Å². The molecule has 0 atom stereocenters. The number of halogens is 1. The van der Waals surface area contributed by atoms with Gasteiger partial charge in [-0.15, -0.1) is 0 Å². The first-order valence-corrected chi connectivity index (χ1v) is 5.61. The van der Waals surface area contributed by atoms with Gasteiger partial charge in [0.15, 0.2) is 0 Å². The highest BCUT2D eigenvalue weighted by molar-refractivity contribution is 7.80. The summed E-state index contributed by atoms with van der Waals surface area (Å²) in [6, 6.07) is 5.23. The van der Waals surface area contributed by atoms with Gasteiger partial charge in [-0.05, 0) is 18.2 Å². The summed E-state index contributed by atoms with van der Waals surface area (Å²) in [4.78, 5) is 13.1. The van der Waals surface area contributed by atoms with Crippen molar-refractivity contribution in [2.75, 3.05) is 25.6 Å². The molecule has 0 fully saturated rings. The number of thiocarbonyl (C=S) groups is 1. The van der Waals surface area contributed by atoms with Gasteiger partial charge in [0, 0.05) is 18.3 Å². The zero-order valence-corrected chi connectivity index (χ0v) is 11.1. The quantitative estimate of drug-likeness (QED) is 0.666. The molecule has 0 heterocycles. The van der Waals surface area contributed by atoms with E-state index in [9.17, 15) is 4.79 Å². The Morgan fingerprint density at radius 2 is 2.24 bits per heavy atom. The van der Waals surface area contributed by atoms with Crippen LogP contribution in [0.5, 0.6) is 0 Å². The zero-order chi connectivity index (χ0) is 13.0. The highest BCUT2D eigenvalue weighted by atomic mass is 35.5. The Hall–Kier alpha value is -1.33. The molecule has 0 aliphatic rings. The second kappa shape index (κ2) is 5.84. The lowest BCUT2D eigenvalue weighted by atomic mass is 10.2. The highest BCUT2D eigenvalue weighted by Gasteiger charge is 2.10. The van der Waals surface area contributed by atoms with Crippen LogP contribution < -0.4 is 10.6 Å². The summed E-state index contributed by atoms with van der Waals surface area (Å²) in [5, 5.41) is 0.465. The third-order valence-electron chi connectivity index (χ3n) is 2.25. The molecule has 0 spiro atoms. The van der Waals surface area contributed by atoms with Gasteiger partial charge in [-0.3, -0.25) is 4.79 Å². The van der Waals surface area contributed by atoms with Gasteiger partial charge in [0.1, 0.15) is 11.5 Å². The summed E-state index contributed by atoms with van der Waals surface area (Å²) in [6.45, 7) is 0.152. The van der Waals surface area contributed by atoms with E-state index in [1.807, 2.05) is 0 Å². The molecule has 0 unspecified atom stereocenters. The molecule has 6 heteroatoms. The maximum atomic E-state index is 11.1. The van der Waals surface area contributed by atoms with E-state index in [4.69, 9.17) is 29.6 Å². The molecule has 0 aliphatic carbocycles. The third-order valence-corrected chi connectivity index (χ3v) is 2.79. The fourth-order valence-corrected chi connectivity index (χ4v) is 1.80. The Morgan fingerprint density at radius 3 is 2.71 bits per heavy atom. The monoisotopic (exact) mass is 272 g/mol. The number of rotatable bonds is 4. The summed E-state index contributed by atoms with van der Waals surface area (Å²) in [5.41, 5.74) is 6.92. The predicted molar refractivity (Wildman–Crippen MR) is 72.6 cm³/mol. The molecule has 0 bridgehead atoms. The maximum absolute atomic E-state index is 11.1. The fourth-order valence-electron chi connectivity index (χ4n) is 1.29. The van der Waals surface area contributed by atoms with E-state index in [0.29, 0.717) is 10.6 Å². The highest BCUT2D eigenvalue weighted by Crippen LogP contribution is 2.23. The molecule has 0 amide bonds. The molecule has 2 N–H and O–H groups in total. The van der Waals surface area contributed by atoms with Crippen molar-refractivity contribution in [2.24, 2.45) is 5.73 Å². The lowest BCUT2D eigenvalue weighted by molar-refractivity contribution is -0.138. The minimum Gasteiger partial charge on any atom is -0.468 e. The number of nitrogens with two attached hydrogens (primary N) is 1. The van der Waals surface area contributed by atoms with Crippen molar-refractivity contribution in [2.45, 2.75) is 0 Å². The van der Waals surface area contributed by atoms with Crippen LogP contribution in [0.25, 0.3) is 0 Å². The van der Waals surface area contributed by atoms with Crippen LogP contribution >= 0.6 is 23.8 Å². The van der Waals surface area contributed by atoms with Gasteiger partial charge in [-0.2, -0.15) is 0 Å². The van der Waals surface area contributed by atoms with Crippen molar-refractivity contribution in [1.82, 2.24) is 0 Å². The summed E-state index contributed by atoms with van der Waals surface area (Å²) < 4.78 is 4.58. The molecule has 0 aromatic heterocycles. The fraction of sp³-hybridized carbons (Fsp3) is 0.273. The number of anilines is 1. The van der Waals surface area contributed by atoms with E-state index < -0.39 is 0 Å². The molecule has 0 radical (unpaired) electrons. The normalized spacial score (nSPS) is 9.82. The van der Waals surface area contributed by atoms with E-state index >= 15 is 0 Å². The summed E-state index contributed by atoms with van der Waals surface area (Å²) >= 11 is 10.9. The number of benzene rings is 1. The van der Waals surface area contributed by atoms with Gasteiger partial charge in [0.25, 0.3) is 0 Å². The molecular weight excluding hydrogens is 260 g/mol. The minimum atomic E-state index is -0.318. The van der Waals surface area contributed by atoms with Crippen molar-refractivity contribution in [3.8, 4) is 0 Å². The van der Waals surface area contributed by atoms with Crippen LogP contribution in [0, 0.1) is 0 Å². The smallest absolute Gasteiger partial charge is 0.325 e. The first-order chi connectivity index (χ1) is 7.95. The average molecular weight is 273 g/mol. The van der Waals surface area contributed by atoms with Gasteiger partial charge >= 0.3 is 5.97 Å². The Balaban J connectivity index is 2.89. The van der Waals surface area contributed by atoms with Crippen LogP contribution in [-0.4, -0.2) is 31.7 Å². The Kier molecular flexibility index (Phi) is 4.72. The second-order valence-corrected chi connectivity index (χ2v) is 4.31. The molecule has 0 aliphatic heterocycles. The van der Waals surface area contributed by atoms with Crippen molar-refractivity contribution in [3.63, 3.8) is 0 Å². The lowest BCUT2D eigenvalue weighted by Gasteiger charge is -2.18. The zero-order valence-electron chi connectivity index (χ0n) is 9.57. The van der Waals surface area contributed by atoms with Crippen LogP contribution in [0.3, 0.4) is 0 Å². The standard InChI is InChI=1S/C11H13ClN2O2S/c1-14(6-10(15)16-2)7-3-4-8(11(13)17)9(12)5-7/h3-5H,6H2,1-2H3,(H2,13,17). The van der Waals surface area contributed by atoms with Crippen molar-refractivity contribution < 1.29 is 9.53 Å². The molecular formula is C11H13ClN2O2S. The number of ether oxygens (including phenoxy) is 1. The molecule has 92 valence electrons. The van der Waals surface area contributed by atoms with Crippen LogP contribution in [0.2, 0.25) is 5.02 Å². The molecule has 1 aromatic carbocycles. The molecule has 17 heavy (non-hydrogen) atoms. The molecule has 4 nitrogen and oxygen atoms in total. The largest absolute Gasteiger partial charge is 0.468 e. The molecule has 0 saturated carbocycles. The van der Waals surface area contributed by atoms with Crippen molar-refractivity contribution in [1.29, 1.82) is 0 Å². The van der Waals surface area contributed by atoms with Gasteiger partial charge in [0.05, 0.1) is 12.1 Å². The van der Waals surface area contributed by atoms with E-state index in [1.54, 1.807) is 30.1 Å². The first-order valence-electron chi connectivity index (χ1n) is 4.83. The number of esters is 1. The van der Waals surface area contributed by atoms with E-state index in [-0.39, 0.29) is 17.5 Å². The average Bonchev–Trinajstić information content (AvgIpc) is 2.28. The second-order valence-electron chi connectivity index (χ2n) is 3.46. The SMILES string of the molecule is COC(=O)CN(C)c1ccc(C(N)=S)c(Cl)c1. The molecule has 0 saturated heterocycles. The number of hydrogen-bond donors (Lipinski definition) is 1. The Morgan fingerprint density at radius 1 is 1.59 bits per heavy atom. The maximum Gasteiger partial charge on any atom is 0.325 e. The number of nitrogens with zero attached hydrogens (tertiary/aromatic N) is 1. The van der Waals surface area contributed by atoms with Crippen LogP contribution in [0.4, 0.5) is 5.69 Å². The van der Waals surface area contributed by atoms with Crippen molar-refractivity contribution in [3.05, 3.63) is 28.8 Å². The number of methoxy groups -OCH3 is 1. The van der Waals surface area contributed by atoms with Crippen LogP contribution in [0.1, 0.15) is 5.56 Å². The van der Waals surface area contributed by atoms with Crippen molar-refractivity contribution >= 4 is 40.5 Å². The number of carbonyl (C=O) groups is 1. The summed E-state index contributed by atoms with van der Waals surface area (Å²) in [6.07, 6.45) is 0. The van der Waals surface area contributed by atoms with E-state index in [1.165, 1.54) is 7.11 Å². The van der Waals surface area contributed by atoms with E-state index in [0.717, 1.165) is 5.69 Å². The Labute approximate surface area is 110 Å². The summed E-state index contributed by atoms with van der Waals surface area (Å²) in [5.74, 6) is -0.318. The molecule has 1 rings (SSSR count). The Bertz CT molecular complexity index is 451. The number of likely N-dealkylation sites (N-methyl/N-ethyl adjacent to an activating group) is 1. The first kappa shape index (κ1) is 13.7. The van der Waals surface area contributed by atoms with Gasteiger partial charge in [-0.25, -0.2) is 0 Å².